The van der Waals surface area contributed by atoms with E-state index in [1.54, 1.807) is 6.07 Å². The number of carbonyl (C=O) groups is 1. The Morgan fingerprint density at radius 3 is 2.43 bits per heavy atom. The van der Waals surface area contributed by atoms with Gasteiger partial charge in [-0.2, -0.15) is 0 Å². The molecule has 0 saturated heterocycles. The molecule has 0 aromatic heterocycles. The van der Waals surface area contributed by atoms with Gasteiger partial charge in [0.2, 0.25) is 0 Å². The molecule has 0 heterocycles. The predicted octanol–water partition coefficient (Wildman–Crippen LogP) is 1.95. The molecule has 1 N–H and O–H groups in total. The van der Waals surface area contributed by atoms with Crippen LogP contribution < -0.4 is 4.74 Å². The van der Waals surface area contributed by atoms with Crippen LogP contribution in [0.25, 0.3) is 0 Å². The van der Waals surface area contributed by atoms with Crippen molar-refractivity contribution >= 4 is 13.4 Å². The van der Waals surface area contributed by atoms with E-state index >= 15 is 0 Å². The van der Waals surface area contributed by atoms with E-state index in [1.165, 1.54) is 26.2 Å². The van der Waals surface area contributed by atoms with Crippen LogP contribution in [-0.4, -0.2) is 20.5 Å². The van der Waals surface area contributed by atoms with Gasteiger partial charge >= 0.3 is 13.0 Å². The number of Topliss-reactive ketones (excluding diaryl/α,β-unsaturated/α-hetero) is 1. The average molecular weight is 194 g/mol. The van der Waals surface area contributed by atoms with Crippen LogP contribution in [0.4, 0.5) is 4.39 Å². The number of methoxy groups -OCH3 is 1. The standard InChI is InChI=1S/C9H9FO2.BHN/c1-6(11)9-7(10)4-3-5-8(9)12-2;1-2/h3-5H,1-2H3;2H. The second kappa shape index (κ2) is 6.02. The van der Waals surface area contributed by atoms with Crippen LogP contribution in [0.1, 0.15) is 17.3 Å². The van der Waals surface area contributed by atoms with Crippen molar-refractivity contribution in [2.45, 2.75) is 6.92 Å². The molecule has 0 unspecified atom stereocenters. The first-order valence-corrected chi connectivity index (χ1v) is 3.79. The van der Waals surface area contributed by atoms with Gasteiger partial charge in [0.1, 0.15) is 11.6 Å². The normalized spacial score (nSPS) is 8.43. The van der Waals surface area contributed by atoms with Gasteiger partial charge in [0.25, 0.3) is 0 Å². The van der Waals surface area contributed by atoms with E-state index in [0.717, 1.165) is 0 Å². The summed E-state index contributed by atoms with van der Waals surface area (Å²) in [5.41, 5.74) is 0.0139. The van der Waals surface area contributed by atoms with Gasteiger partial charge in [-0.1, -0.05) is 6.07 Å². The molecule has 5 heteroatoms. The minimum atomic E-state index is -0.540. The van der Waals surface area contributed by atoms with Crippen LogP contribution in [-0.2, 0) is 0 Å². The molecule has 0 spiro atoms. The molecule has 73 valence electrons. The van der Waals surface area contributed by atoms with Gasteiger partial charge in [-0.3, -0.25) is 4.79 Å². The zero-order valence-corrected chi connectivity index (χ0v) is 8.00. The third kappa shape index (κ3) is 2.76. The molecule has 3 nitrogen and oxygen atoms in total. The van der Waals surface area contributed by atoms with Gasteiger partial charge in [-0.05, 0) is 19.1 Å². The molecule has 0 aliphatic carbocycles. The Labute approximate surface area is 82.8 Å². The Morgan fingerprint density at radius 1 is 1.50 bits per heavy atom. The van der Waals surface area contributed by atoms with Crippen molar-refractivity contribution in [1.82, 2.24) is 0 Å². The number of ether oxygens (including phenoxy) is 1. The molecule has 0 amide bonds. The number of carbonyl (C=O) groups excluding carboxylic acids is 1. The molecular formula is C9H10BFNO2. The fourth-order valence-electron chi connectivity index (χ4n) is 1.02. The topological polar surface area (TPSA) is 50.2 Å². The van der Waals surface area contributed by atoms with Crippen molar-refractivity contribution in [3.8, 4) is 5.75 Å². The summed E-state index contributed by atoms with van der Waals surface area (Å²) in [6, 6.07) is 4.29. The third-order valence-corrected chi connectivity index (χ3v) is 1.55. The molecule has 0 bridgehead atoms. The van der Waals surface area contributed by atoms with E-state index in [0.29, 0.717) is 0 Å². The molecule has 1 rings (SSSR count). The van der Waals surface area contributed by atoms with Crippen molar-refractivity contribution in [3.05, 3.63) is 29.6 Å². The van der Waals surface area contributed by atoms with Crippen LogP contribution in [0.2, 0.25) is 0 Å². The Balaban J connectivity index is 0.000000791. The Bertz CT molecular complexity index is 331. The van der Waals surface area contributed by atoms with Crippen molar-refractivity contribution < 1.29 is 13.9 Å². The summed E-state index contributed by atoms with van der Waals surface area (Å²) in [7, 11) is 5.15. The van der Waals surface area contributed by atoms with E-state index in [1.807, 2.05) is 0 Å². The molecule has 1 aromatic carbocycles. The fourth-order valence-corrected chi connectivity index (χ4v) is 1.02. The molecule has 1 aromatic rings. The van der Waals surface area contributed by atoms with Crippen LogP contribution in [0.15, 0.2) is 18.2 Å². The zero-order chi connectivity index (χ0) is 11.1. The van der Waals surface area contributed by atoms with Crippen LogP contribution in [0.5, 0.6) is 5.75 Å². The number of halogens is 1. The summed E-state index contributed by atoms with van der Waals surface area (Å²) < 4.78 is 17.8. The Kier molecular flexibility index (Phi) is 5.37. The molecule has 0 fully saturated rings. The molecule has 0 atom stereocenters. The van der Waals surface area contributed by atoms with E-state index in [-0.39, 0.29) is 17.1 Å². The summed E-state index contributed by atoms with van der Waals surface area (Å²) in [6.07, 6.45) is 0. The van der Waals surface area contributed by atoms with E-state index in [2.05, 4.69) is 7.64 Å². The average Bonchev–Trinajstić information content (AvgIpc) is 2.19. The first kappa shape index (κ1) is 12.5. The second-order valence-corrected chi connectivity index (χ2v) is 2.37. The Morgan fingerprint density at radius 2 is 2.07 bits per heavy atom. The monoisotopic (exact) mass is 194 g/mol. The van der Waals surface area contributed by atoms with Gasteiger partial charge in [0.05, 0.1) is 12.7 Å². The maximum absolute atomic E-state index is 13.0. The van der Waals surface area contributed by atoms with Gasteiger partial charge in [0.15, 0.2) is 5.78 Å². The third-order valence-electron chi connectivity index (χ3n) is 1.55. The predicted molar refractivity (Wildman–Crippen MR) is 51.4 cm³/mol. The van der Waals surface area contributed by atoms with Crippen molar-refractivity contribution in [1.29, 1.82) is 5.31 Å². The van der Waals surface area contributed by atoms with Crippen LogP contribution in [0.3, 0.4) is 0 Å². The second-order valence-electron chi connectivity index (χ2n) is 2.37. The number of nitrogens with one attached hydrogen (secondary N) is 1. The number of ketones is 1. The van der Waals surface area contributed by atoms with Gasteiger partial charge < -0.3 is 4.74 Å². The number of hydrogen-bond acceptors (Lipinski definition) is 3. The van der Waals surface area contributed by atoms with Crippen LogP contribution >= 0.6 is 0 Å². The Hall–Kier alpha value is -1.52. The summed E-state index contributed by atoms with van der Waals surface area (Å²) in [5.74, 6) is -0.589. The molecule has 0 aliphatic rings. The van der Waals surface area contributed by atoms with Crippen LogP contribution in [0, 0.1) is 11.1 Å². The van der Waals surface area contributed by atoms with Gasteiger partial charge in [-0.25, -0.2) is 4.39 Å². The van der Waals surface area contributed by atoms with E-state index < -0.39 is 5.82 Å². The zero-order valence-electron chi connectivity index (χ0n) is 8.00. The number of hydrogen-bond donors (Lipinski definition) is 1. The molecule has 0 aliphatic heterocycles. The fraction of sp³-hybridized carbons (Fsp3) is 0.222. The van der Waals surface area contributed by atoms with Gasteiger partial charge in [0, 0.05) is 0 Å². The summed E-state index contributed by atoms with van der Waals surface area (Å²) in [5, 5.41) is 5.25. The first-order chi connectivity index (χ1) is 6.66. The minimum absolute atomic E-state index is 0.0139. The number of benzene rings is 1. The van der Waals surface area contributed by atoms with Crippen molar-refractivity contribution in [3.63, 3.8) is 0 Å². The first-order valence-electron chi connectivity index (χ1n) is 3.79. The summed E-state index contributed by atoms with van der Waals surface area (Å²) in [4.78, 5) is 10.9. The van der Waals surface area contributed by atoms with E-state index in [9.17, 15) is 9.18 Å². The molecule has 0 saturated carbocycles. The van der Waals surface area contributed by atoms with Crippen molar-refractivity contribution in [2.75, 3.05) is 7.11 Å². The SMILES string of the molecule is COc1cccc(F)c1C(C)=O.[B]=N. The molecule has 14 heavy (non-hydrogen) atoms. The molecular weight excluding hydrogens is 184 g/mol. The summed E-state index contributed by atoms with van der Waals surface area (Å²) in [6.45, 7) is 1.31. The number of rotatable bonds is 2. The van der Waals surface area contributed by atoms with E-state index in [4.69, 9.17) is 10.0 Å². The van der Waals surface area contributed by atoms with Crippen molar-refractivity contribution in [2.24, 2.45) is 0 Å². The summed E-state index contributed by atoms with van der Waals surface area (Å²) >= 11 is 0. The van der Waals surface area contributed by atoms with Gasteiger partial charge in [-0.15, -0.1) is 0 Å². The molecule has 1 radical (unpaired) electrons. The quantitative estimate of drug-likeness (QED) is 0.577. The maximum atomic E-state index is 13.0.